The third-order valence-electron chi connectivity index (χ3n) is 3.13. The largest absolute Gasteiger partial charge is 0.340 e. The second-order valence-electron chi connectivity index (χ2n) is 4.72. The highest BCUT2D eigenvalue weighted by atomic mass is 79.9. The van der Waals surface area contributed by atoms with Gasteiger partial charge in [-0.2, -0.15) is 0 Å². The summed E-state index contributed by atoms with van der Waals surface area (Å²) in [6.45, 7) is 4.70. The number of benzene rings is 1. The van der Waals surface area contributed by atoms with E-state index >= 15 is 0 Å². The van der Waals surface area contributed by atoms with E-state index in [2.05, 4.69) is 34.2 Å². The number of amides is 1. The molecule has 6 heteroatoms. The summed E-state index contributed by atoms with van der Waals surface area (Å²) in [6.07, 6.45) is 0.610. The van der Waals surface area contributed by atoms with Gasteiger partial charge in [-0.25, -0.2) is 0 Å². The number of carbonyl (C=O) groups is 1. The molecule has 1 unspecified atom stereocenters. The fraction of sp³-hybridized carbons (Fsp3) is 0.500. The molecule has 1 atom stereocenters. The SMILES string of the molecule is CC1CN(C(=O)CCSc2ccccc2Br)CCN1.Cl. The van der Waals surface area contributed by atoms with Crippen molar-refractivity contribution < 1.29 is 4.79 Å². The molecule has 1 amide bonds. The van der Waals surface area contributed by atoms with Crippen LogP contribution in [-0.2, 0) is 4.79 Å². The van der Waals surface area contributed by atoms with E-state index in [1.807, 2.05) is 23.1 Å². The molecule has 0 spiro atoms. The average Bonchev–Trinajstić information content (AvgIpc) is 2.41. The molecule has 1 aliphatic heterocycles. The lowest BCUT2D eigenvalue weighted by Gasteiger charge is -2.32. The number of hydrogen-bond donors (Lipinski definition) is 1. The Hall–Kier alpha value is -0.230. The minimum absolute atomic E-state index is 0. The zero-order valence-electron chi connectivity index (χ0n) is 11.5. The molecule has 1 aromatic rings. The van der Waals surface area contributed by atoms with Crippen LogP contribution in [-0.4, -0.2) is 42.2 Å². The molecule has 1 N–H and O–H groups in total. The van der Waals surface area contributed by atoms with Crippen LogP contribution in [0.15, 0.2) is 33.6 Å². The first-order chi connectivity index (χ1) is 9.16. The van der Waals surface area contributed by atoms with Crippen LogP contribution in [0.2, 0.25) is 0 Å². The maximum Gasteiger partial charge on any atom is 0.223 e. The molecule has 112 valence electrons. The molecule has 0 bridgehead atoms. The van der Waals surface area contributed by atoms with Gasteiger partial charge >= 0.3 is 0 Å². The Morgan fingerprint density at radius 1 is 1.50 bits per heavy atom. The molecule has 0 aliphatic carbocycles. The Kier molecular flexibility index (Phi) is 7.95. The van der Waals surface area contributed by atoms with Crippen molar-refractivity contribution >= 4 is 46.0 Å². The number of hydrogen-bond acceptors (Lipinski definition) is 3. The fourth-order valence-electron chi connectivity index (χ4n) is 2.13. The number of nitrogens with zero attached hydrogens (tertiary/aromatic N) is 1. The first-order valence-electron chi connectivity index (χ1n) is 6.55. The summed E-state index contributed by atoms with van der Waals surface area (Å²) in [4.78, 5) is 15.3. The quantitative estimate of drug-likeness (QED) is 0.816. The highest BCUT2D eigenvalue weighted by Gasteiger charge is 2.19. The molecule has 1 aliphatic rings. The lowest BCUT2D eigenvalue weighted by molar-refractivity contribution is -0.131. The van der Waals surface area contributed by atoms with E-state index in [1.165, 1.54) is 4.90 Å². The zero-order chi connectivity index (χ0) is 13.7. The second kappa shape index (κ2) is 8.93. The van der Waals surface area contributed by atoms with Crippen molar-refractivity contribution in [1.29, 1.82) is 0 Å². The van der Waals surface area contributed by atoms with E-state index in [4.69, 9.17) is 0 Å². The summed E-state index contributed by atoms with van der Waals surface area (Å²) < 4.78 is 1.10. The van der Waals surface area contributed by atoms with E-state index in [0.29, 0.717) is 12.5 Å². The number of piperazine rings is 1. The highest BCUT2D eigenvalue weighted by molar-refractivity contribution is 9.10. The zero-order valence-corrected chi connectivity index (χ0v) is 14.7. The van der Waals surface area contributed by atoms with Gasteiger partial charge in [0.2, 0.25) is 5.91 Å². The van der Waals surface area contributed by atoms with Gasteiger partial charge in [0.05, 0.1) is 0 Å². The molecular formula is C14H20BrClN2OS. The third-order valence-corrected chi connectivity index (χ3v) is 5.16. The Morgan fingerprint density at radius 2 is 2.25 bits per heavy atom. The normalized spacial score (nSPS) is 18.5. The van der Waals surface area contributed by atoms with Crippen molar-refractivity contribution in [3.8, 4) is 0 Å². The summed E-state index contributed by atoms with van der Waals surface area (Å²) in [6, 6.07) is 8.54. The van der Waals surface area contributed by atoms with Crippen molar-refractivity contribution in [1.82, 2.24) is 10.2 Å². The Balaban J connectivity index is 0.00000200. The lowest BCUT2D eigenvalue weighted by atomic mass is 10.2. The molecule has 20 heavy (non-hydrogen) atoms. The minimum Gasteiger partial charge on any atom is -0.340 e. The van der Waals surface area contributed by atoms with E-state index in [-0.39, 0.29) is 18.3 Å². The number of rotatable bonds is 4. The van der Waals surface area contributed by atoms with Crippen LogP contribution in [0.4, 0.5) is 0 Å². The standard InChI is InChI=1S/C14H19BrN2OS.ClH/c1-11-10-17(8-7-16-11)14(18)6-9-19-13-5-3-2-4-12(13)15;/h2-5,11,16H,6-10H2,1H3;1H. The third kappa shape index (κ3) is 5.28. The van der Waals surface area contributed by atoms with Gasteiger partial charge in [-0.1, -0.05) is 12.1 Å². The van der Waals surface area contributed by atoms with E-state index in [1.54, 1.807) is 11.8 Å². The number of halogens is 2. The monoisotopic (exact) mass is 378 g/mol. The van der Waals surface area contributed by atoms with Crippen LogP contribution < -0.4 is 5.32 Å². The van der Waals surface area contributed by atoms with Crippen LogP contribution in [0.5, 0.6) is 0 Å². The summed E-state index contributed by atoms with van der Waals surface area (Å²) >= 11 is 5.25. The first-order valence-corrected chi connectivity index (χ1v) is 8.33. The van der Waals surface area contributed by atoms with E-state index < -0.39 is 0 Å². The number of carbonyl (C=O) groups excluding carboxylic acids is 1. The van der Waals surface area contributed by atoms with Gasteiger partial charge in [-0.3, -0.25) is 4.79 Å². The average molecular weight is 380 g/mol. The summed E-state index contributed by atoms with van der Waals surface area (Å²) in [5.41, 5.74) is 0. The number of nitrogens with one attached hydrogen (secondary N) is 1. The Bertz CT molecular complexity index is 447. The first kappa shape index (κ1) is 17.8. The van der Waals surface area contributed by atoms with Gasteiger partial charge in [0, 0.05) is 47.2 Å². The van der Waals surface area contributed by atoms with E-state index in [9.17, 15) is 4.79 Å². The maximum atomic E-state index is 12.1. The fourth-order valence-corrected chi connectivity index (χ4v) is 3.63. The molecular weight excluding hydrogens is 360 g/mol. The van der Waals surface area contributed by atoms with E-state index in [0.717, 1.165) is 29.9 Å². The lowest BCUT2D eigenvalue weighted by Crippen LogP contribution is -2.51. The molecule has 0 aromatic heterocycles. The Morgan fingerprint density at radius 3 is 2.95 bits per heavy atom. The van der Waals surface area contributed by atoms with Crippen molar-refractivity contribution in [3.63, 3.8) is 0 Å². The molecule has 1 saturated heterocycles. The minimum atomic E-state index is 0. The predicted octanol–water partition coefficient (Wildman–Crippen LogP) is 3.17. The smallest absolute Gasteiger partial charge is 0.223 e. The van der Waals surface area contributed by atoms with Crippen molar-refractivity contribution in [2.75, 3.05) is 25.4 Å². The predicted molar refractivity (Wildman–Crippen MR) is 90.8 cm³/mol. The topological polar surface area (TPSA) is 32.3 Å². The maximum absolute atomic E-state index is 12.1. The van der Waals surface area contributed by atoms with Gasteiger partial charge in [0.1, 0.15) is 0 Å². The molecule has 2 rings (SSSR count). The second-order valence-corrected chi connectivity index (χ2v) is 6.71. The van der Waals surface area contributed by atoms with Crippen molar-refractivity contribution in [2.24, 2.45) is 0 Å². The van der Waals surface area contributed by atoms with Gasteiger partial charge in [0.15, 0.2) is 0 Å². The van der Waals surface area contributed by atoms with Crippen LogP contribution in [0.25, 0.3) is 0 Å². The highest BCUT2D eigenvalue weighted by Crippen LogP contribution is 2.27. The van der Waals surface area contributed by atoms with Crippen molar-refractivity contribution in [2.45, 2.75) is 24.3 Å². The molecule has 1 aromatic carbocycles. The van der Waals surface area contributed by atoms with Crippen LogP contribution in [0.3, 0.4) is 0 Å². The molecule has 0 saturated carbocycles. The number of thioether (sulfide) groups is 1. The summed E-state index contributed by atoms with van der Waals surface area (Å²) in [5, 5.41) is 3.35. The van der Waals surface area contributed by atoms with Crippen LogP contribution in [0, 0.1) is 0 Å². The van der Waals surface area contributed by atoms with Gasteiger partial charge in [0.25, 0.3) is 0 Å². The van der Waals surface area contributed by atoms with Gasteiger partial charge in [-0.05, 0) is 35.0 Å². The summed E-state index contributed by atoms with van der Waals surface area (Å²) in [7, 11) is 0. The van der Waals surface area contributed by atoms with Crippen molar-refractivity contribution in [3.05, 3.63) is 28.7 Å². The molecule has 3 nitrogen and oxygen atoms in total. The summed E-state index contributed by atoms with van der Waals surface area (Å²) in [5.74, 6) is 1.10. The van der Waals surface area contributed by atoms with Gasteiger partial charge < -0.3 is 10.2 Å². The molecule has 0 radical (unpaired) electrons. The molecule has 1 heterocycles. The Labute approximate surface area is 139 Å². The molecule has 1 fully saturated rings. The van der Waals surface area contributed by atoms with Crippen LogP contribution in [0.1, 0.15) is 13.3 Å². The van der Waals surface area contributed by atoms with Crippen LogP contribution >= 0.6 is 40.1 Å². The van der Waals surface area contributed by atoms with Gasteiger partial charge in [-0.15, -0.1) is 24.2 Å².